The molecule has 14 atom stereocenters. The summed E-state index contributed by atoms with van der Waals surface area (Å²) < 4.78 is 0. The Balaban J connectivity index is 0.000000526. The third-order valence-electron chi connectivity index (χ3n) is 24.0. The third-order valence-corrected chi connectivity index (χ3v) is 28.4. The van der Waals surface area contributed by atoms with Gasteiger partial charge in [0.15, 0.2) is 0 Å². The van der Waals surface area contributed by atoms with Gasteiger partial charge in [0.25, 0.3) is 0 Å². The van der Waals surface area contributed by atoms with Crippen molar-refractivity contribution in [1.82, 2.24) is 0 Å². The summed E-state index contributed by atoms with van der Waals surface area (Å²) in [4.78, 5) is 0. The smallest absolute Gasteiger partial charge is 0.0387 e. The summed E-state index contributed by atoms with van der Waals surface area (Å²) in [5.41, 5.74) is 0. The van der Waals surface area contributed by atoms with Gasteiger partial charge in [-0.1, -0.05) is 221 Å². The molecule has 92 heavy (non-hydrogen) atoms. The van der Waals surface area contributed by atoms with Gasteiger partial charge in [0.2, 0.25) is 0 Å². The van der Waals surface area contributed by atoms with Crippen LogP contribution < -0.4 is 0 Å². The van der Waals surface area contributed by atoms with E-state index in [1.165, 1.54) is 212 Å². The van der Waals surface area contributed by atoms with Crippen molar-refractivity contribution < 1.29 is 0 Å². The molecule has 8 aliphatic rings. The van der Waals surface area contributed by atoms with Gasteiger partial charge in [-0.25, -0.2) is 0 Å². The summed E-state index contributed by atoms with van der Waals surface area (Å²) in [5, 5.41) is 3.21. The maximum Gasteiger partial charge on any atom is 0.0387 e. The van der Waals surface area contributed by atoms with Gasteiger partial charge < -0.3 is 0 Å². The van der Waals surface area contributed by atoms with Gasteiger partial charge in [-0.2, -0.15) is 0 Å². The lowest BCUT2D eigenvalue weighted by atomic mass is 9.75. The predicted octanol–water partition coefficient (Wildman–Crippen LogP) is 31.6. The molecule has 0 saturated heterocycles. The second-order valence-corrected chi connectivity index (χ2v) is 39.6. The van der Waals surface area contributed by atoms with Crippen LogP contribution in [-0.2, 0) is 0 Å². The Labute approximate surface area is 618 Å². The first-order chi connectivity index (χ1) is 43.3. The highest BCUT2D eigenvalue weighted by atomic mass is 35.5. The summed E-state index contributed by atoms with van der Waals surface area (Å²) in [6.07, 6.45) is 49.2. The summed E-state index contributed by atoms with van der Waals surface area (Å²) in [6, 6.07) is 0. The number of rotatable bonds is 16. The van der Waals surface area contributed by atoms with E-state index in [0.717, 1.165) is 102 Å². The first kappa shape index (κ1) is 92.3. The first-order valence-electron chi connectivity index (χ1n) is 40.4. The van der Waals surface area contributed by atoms with Crippen LogP contribution in [0.1, 0.15) is 370 Å². The van der Waals surface area contributed by atoms with E-state index in [0.29, 0.717) is 78.5 Å². The van der Waals surface area contributed by atoms with Crippen LogP contribution in [0.2, 0.25) is 0 Å². The number of hydrogen-bond acceptors (Lipinski definition) is 0. The number of halogens is 8. The maximum absolute atomic E-state index is 6.30. The standard InChI is InChI=1S/C11H20Cl2.2C11H21Cl.C11H22.C10H18Cl2.2C10H19Cl.C10H20/c1-7(2)10-6-9(8(3)12)4-5-11(10)13;1-8(2)10-5-4-6-11(7-10)9(3)12;1-4-9-5-6-11(12)10(7-9)8(2)3;1-4-10-6-5-7-11(8-10)9(2)3;1-7(2)10(12)8-3-5-9(11)6-4-8;1-8(2)7-9-3-5-10(11)6-4-9;1-8(2)10(11)9-6-4-3-5-7-9;1-9(2)8-10-6-4-3-5-7-10/h7-11H,4-6H2,1-3H3;2*8-11H,4-7H2,1-3H3;9-11H,4-8H2,1-3H3;7-10H,3-6H2,1-2H3;2*8-10H,3-7H2,1-2H3;9-10H,3-8H2,1-2H3. The van der Waals surface area contributed by atoms with E-state index < -0.39 is 0 Å². The Morgan fingerprint density at radius 2 is 0.587 bits per heavy atom. The Morgan fingerprint density at radius 1 is 0.272 bits per heavy atom. The van der Waals surface area contributed by atoms with Gasteiger partial charge >= 0.3 is 0 Å². The summed E-state index contributed by atoms with van der Waals surface area (Å²) >= 11 is 49.5. The van der Waals surface area contributed by atoms with E-state index in [1.807, 2.05) is 0 Å². The molecule has 8 heteroatoms. The third kappa shape index (κ3) is 41.4. The molecule has 8 fully saturated rings. The van der Waals surface area contributed by atoms with Gasteiger partial charge in [-0.05, 0) is 267 Å². The minimum absolute atomic E-state index is 0.311. The van der Waals surface area contributed by atoms with Crippen LogP contribution in [0.3, 0.4) is 0 Å². The van der Waals surface area contributed by atoms with Crippen molar-refractivity contribution in [3.05, 3.63) is 0 Å². The molecule has 0 spiro atoms. The highest BCUT2D eigenvalue weighted by Crippen LogP contribution is 2.42. The van der Waals surface area contributed by atoms with E-state index in [-0.39, 0.29) is 0 Å². The van der Waals surface area contributed by atoms with Gasteiger partial charge in [0.05, 0.1) is 0 Å². The second kappa shape index (κ2) is 53.2. The Hall–Kier alpha value is 2.32. The fraction of sp³-hybridized carbons (Fsp3) is 1.00. The molecular formula is C84H160Cl8. The Morgan fingerprint density at radius 3 is 1.00 bits per heavy atom. The molecule has 0 amide bonds. The molecule has 0 N–H and O–H groups in total. The highest BCUT2D eigenvalue weighted by Gasteiger charge is 2.34. The van der Waals surface area contributed by atoms with Gasteiger partial charge in [-0.15, -0.1) is 92.8 Å². The molecule has 0 nitrogen and oxygen atoms in total. The zero-order valence-corrected chi connectivity index (χ0v) is 70.7. The monoisotopic (exact) mass is 1450 g/mol. The van der Waals surface area contributed by atoms with E-state index in [2.05, 4.69) is 138 Å². The predicted molar refractivity (Wildman–Crippen MR) is 427 cm³/mol. The SMILES string of the molecule is CC(C)C(Cl)C1CCC(Cl)CC1.CC(C)C(Cl)C1CCCCC1.CC(C)C1CC(C(C)Cl)CCC1Cl.CC(C)C1CCCC(C(C)Cl)C1.CC(C)CC1CCC(Cl)CC1.CC(C)CC1CCCCC1.CCC1CCC(Cl)C(C(C)C)C1.CCC1CCCC(C(C)C)C1. The zero-order valence-electron chi connectivity index (χ0n) is 64.6. The van der Waals surface area contributed by atoms with E-state index in [9.17, 15) is 0 Å². The Bertz CT molecular complexity index is 1630. The second-order valence-electron chi connectivity index (χ2n) is 34.9. The molecule has 8 rings (SSSR count). The molecule has 14 unspecified atom stereocenters. The molecule has 0 aromatic heterocycles. The minimum Gasteiger partial charge on any atom is -0.123 e. The largest absolute Gasteiger partial charge is 0.123 e. The first-order valence-corrected chi connectivity index (χ1v) is 43.9. The van der Waals surface area contributed by atoms with Crippen LogP contribution >= 0.6 is 92.8 Å². The van der Waals surface area contributed by atoms with Gasteiger partial charge in [0.1, 0.15) is 0 Å². The summed E-state index contributed by atoms with van der Waals surface area (Å²) in [5.74, 6) is 16.7. The molecule has 8 aliphatic carbocycles. The van der Waals surface area contributed by atoms with E-state index in [1.54, 1.807) is 0 Å². The van der Waals surface area contributed by atoms with Crippen molar-refractivity contribution in [3.8, 4) is 0 Å². The molecule has 0 bridgehead atoms. The van der Waals surface area contributed by atoms with Crippen LogP contribution in [-0.4, -0.2) is 43.0 Å². The fourth-order valence-corrected chi connectivity index (χ4v) is 19.8. The van der Waals surface area contributed by atoms with Crippen molar-refractivity contribution in [3.63, 3.8) is 0 Å². The highest BCUT2D eigenvalue weighted by molar-refractivity contribution is 6.22. The molecule has 8 saturated carbocycles. The van der Waals surface area contributed by atoms with E-state index in [4.69, 9.17) is 92.8 Å². The van der Waals surface area contributed by atoms with Crippen molar-refractivity contribution >= 4 is 92.8 Å². The zero-order chi connectivity index (χ0) is 69.6. The van der Waals surface area contributed by atoms with Crippen molar-refractivity contribution in [2.75, 3.05) is 0 Å². The average molecular weight is 1450 g/mol. The van der Waals surface area contributed by atoms with Crippen molar-refractivity contribution in [2.24, 2.45) is 118 Å². The van der Waals surface area contributed by atoms with Crippen LogP contribution in [0.15, 0.2) is 0 Å². The lowest BCUT2D eigenvalue weighted by Crippen LogP contribution is -2.32. The maximum atomic E-state index is 6.30. The molecule has 0 radical (unpaired) electrons. The summed E-state index contributed by atoms with van der Waals surface area (Å²) in [7, 11) is 0. The molecule has 0 aromatic carbocycles. The molecule has 0 aliphatic heterocycles. The van der Waals surface area contributed by atoms with Crippen LogP contribution in [0, 0.1) is 118 Å². The van der Waals surface area contributed by atoms with Crippen LogP contribution in [0.25, 0.3) is 0 Å². The van der Waals surface area contributed by atoms with Crippen molar-refractivity contribution in [2.45, 2.75) is 413 Å². The fourth-order valence-electron chi connectivity index (χ4n) is 17.3. The topological polar surface area (TPSA) is 0 Å². The van der Waals surface area contributed by atoms with Crippen LogP contribution in [0.5, 0.6) is 0 Å². The summed E-state index contributed by atoms with van der Waals surface area (Å²) in [6.45, 7) is 45.6. The normalized spacial score (nSPS) is 32.1. The van der Waals surface area contributed by atoms with Crippen LogP contribution in [0.4, 0.5) is 0 Å². The van der Waals surface area contributed by atoms with Gasteiger partial charge in [-0.3, -0.25) is 0 Å². The number of hydrogen-bond donors (Lipinski definition) is 0. The molecule has 0 aromatic rings. The number of alkyl halides is 8. The minimum atomic E-state index is 0.311. The quantitative estimate of drug-likeness (QED) is 0.135. The average Bonchev–Trinajstić information content (AvgIpc) is 1.61. The lowest BCUT2D eigenvalue weighted by Gasteiger charge is -2.36. The molecule has 0 heterocycles. The Kier molecular flexibility index (Phi) is 53.3. The lowest BCUT2D eigenvalue weighted by molar-refractivity contribution is 0.211. The molecule has 552 valence electrons. The van der Waals surface area contributed by atoms with E-state index >= 15 is 0 Å². The molecular weight excluding hydrogens is 1290 g/mol. The van der Waals surface area contributed by atoms with Gasteiger partial charge in [0, 0.05) is 43.0 Å². The van der Waals surface area contributed by atoms with Crippen molar-refractivity contribution in [1.29, 1.82) is 0 Å².